The van der Waals surface area contributed by atoms with Gasteiger partial charge in [-0.1, -0.05) is 36.4 Å². The molecule has 3 rings (SSSR count). The summed E-state index contributed by atoms with van der Waals surface area (Å²) in [5.74, 6) is -1.45. The zero-order valence-corrected chi connectivity index (χ0v) is 18.2. The first kappa shape index (κ1) is 23.4. The minimum absolute atomic E-state index is 0.0653. The Morgan fingerprint density at radius 2 is 1.67 bits per heavy atom. The van der Waals surface area contributed by atoms with Crippen molar-refractivity contribution in [3.8, 4) is 0 Å². The van der Waals surface area contributed by atoms with E-state index < -0.39 is 33.4 Å². The summed E-state index contributed by atoms with van der Waals surface area (Å²) in [4.78, 5) is 35.3. The van der Waals surface area contributed by atoms with Crippen LogP contribution in [0.3, 0.4) is 0 Å². The van der Waals surface area contributed by atoms with Gasteiger partial charge in [0.15, 0.2) is 0 Å². The second-order valence-electron chi connectivity index (χ2n) is 6.69. The molecule has 0 bridgehead atoms. The number of nitro benzene ring substituents is 1. The molecular weight excluding hydrogens is 450 g/mol. The van der Waals surface area contributed by atoms with Gasteiger partial charge in [0, 0.05) is 12.1 Å². The highest BCUT2D eigenvalue weighted by atomic mass is 32.2. The van der Waals surface area contributed by atoms with Crippen molar-refractivity contribution >= 4 is 39.0 Å². The monoisotopic (exact) mass is 469 g/mol. The van der Waals surface area contributed by atoms with E-state index in [1.54, 1.807) is 18.2 Å². The number of nitrogens with zero attached hydrogens (tertiary/aromatic N) is 2. The molecular formula is C22H19N3O7S. The molecule has 10 nitrogen and oxygen atoms in total. The summed E-state index contributed by atoms with van der Waals surface area (Å²) in [7, 11) is -3.06. The number of hydrogen-bond donors (Lipinski definition) is 1. The number of sulfonamides is 1. The quantitative estimate of drug-likeness (QED) is 0.304. The Hall–Kier alpha value is -4.25. The molecule has 0 aromatic heterocycles. The number of carbonyl (C=O) groups excluding carboxylic acids is 2. The van der Waals surface area contributed by atoms with Crippen LogP contribution < -0.4 is 9.62 Å². The minimum Gasteiger partial charge on any atom is -0.465 e. The number of methoxy groups -OCH3 is 1. The molecule has 1 amide bonds. The highest BCUT2D eigenvalue weighted by molar-refractivity contribution is 7.92. The van der Waals surface area contributed by atoms with Crippen LogP contribution in [0, 0.1) is 10.1 Å². The van der Waals surface area contributed by atoms with Gasteiger partial charge in [-0.3, -0.25) is 19.2 Å². The van der Waals surface area contributed by atoms with Gasteiger partial charge in [0.25, 0.3) is 15.7 Å². The van der Waals surface area contributed by atoms with Gasteiger partial charge in [-0.2, -0.15) is 0 Å². The second-order valence-corrected chi connectivity index (χ2v) is 8.55. The Balaban J connectivity index is 1.99. The number of anilines is 2. The number of para-hydroxylation sites is 1. The van der Waals surface area contributed by atoms with E-state index >= 15 is 0 Å². The lowest BCUT2D eigenvalue weighted by atomic mass is 10.2. The molecule has 0 saturated carbocycles. The number of nitrogens with one attached hydrogen (secondary N) is 1. The van der Waals surface area contributed by atoms with Crippen molar-refractivity contribution in [2.45, 2.75) is 4.90 Å². The molecule has 3 aromatic rings. The Labute approximate surface area is 189 Å². The molecule has 0 saturated heterocycles. The topological polar surface area (TPSA) is 136 Å². The molecule has 11 heteroatoms. The van der Waals surface area contributed by atoms with Crippen molar-refractivity contribution in [2.75, 3.05) is 23.3 Å². The molecule has 3 aromatic carbocycles. The van der Waals surface area contributed by atoms with Gasteiger partial charge in [-0.25, -0.2) is 13.2 Å². The molecule has 0 spiro atoms. The molecule has 0 aliphatic rings. The number of benzene rings is 3. The van der Waals surface area contributed by atoms with Crippen molar-refractivity contribution in [3.05, 3.63) is 94.5 Å². The van der Waals surface area contributed by atoms with Crippen molar-refractivity contribution < 1.29 is 27.7 Å². The van der Waals surface area contributed by atoms with E-state index in [4.69, 9.17) is 4.74 Å². The summed E-state index contributed by atoms with van der Waals surface area (Å²) >= 11 is 0. The van der Waals surface area contributed by atoms with Crippen LogP contribution in [0.15, 0.2) is 83.8 Å². The van der Waals surface area contributed by atoms with Gasteiger partial charge in [0.2, 0.25) is 5.91 Å². The first-order chi connectivity index (χ1) is 15.7. The van der Waals surface area contributed by atoms with Crippen LogP contribution in [0.2, 0.25) is 0 Å². The van der Waals surface area contributed by atoms with Gasteiger partial charge in [0.1, 0.15) is 6.54 Å². The highest BCUT2D eigenvalue weighted by Gasteiger charge is 2.28. The number of hydrogen-bond acceptors (Lipinski definition) is 7. The van der Waals surface area contributed by atoms with E-state index in [-0.39, 0.29) is 27.5 Å². The van der Waals surface area contributed by atoms with Crippen LogP contribution in [0.4, 0.5) is 17.1 Å². The number of nitro groups is 1. The van der Waals surface area contributed by atoms with E-state index in [1.165, 1.54) is 61.7 Å². The maximum Gasteiger partial charge on any atom is 0.339 e. The second kappa shape index (κ2) is 9.92. The maximum absolute atomic E-state index is 13.3. The van der Waals surface area contributed by atoms with E-state index in [0.717, 1.165) is 10.4 Å². The Morgan fingerprint density at radius 1 is 1.00 bits per heavy atom. The fourth-order valence-electron chi connectivity index (χ4n) is 3.00. The molecule has 33 heavy (non-hydrogen) atoms. The normalized spacial score (nSPS) is 10.8. The van der Waals surface area contributed by atoms with E-state index in [2.05, 4.69) is 5.32 Å². The Kier molecular flexibility index (Phi) is 7.04. The number of amides is 1. The molecule has 0 aliphatic heterocycles. The summed E-state index contributed by atoms with van der Waals surface area (Å²) < 4.78 is 32.1. The van der Waals surface area contributed by atoms with Gasteiger partial charge < -0.3 is 10.1 Å². The van der Waals surface area contributed by atoms with Gasteiger partial charge >= 0.3 is 5.97 Å². The lowest BCUT2D eigenvalue weighted by Gasteiger charge is -2.24. The van der Waals surface area contributed by atoms with Crippen molar-refractivity contribution in [1.82, 2.24) is 0 Å². The van der Waals surface area contributed by atoms with Crippen LogP contribution in [-0.4, -0.2) is 38.9 Å². The Bertz CT molecular complexity index is 1290. The molecule has 1 N–H and O–H groups in total. The standard InChI is InChI=1S/C22H19N3O7S/c1-32-22(27)19-12-5-6-13-20(19)23-21(26)15-24(16-8-7-9-17(14-16)25(28)29)33(30,31)18-10-3-2-4-11-18/h2-14H,15H2,1H3,(H,23,26). The third-order valence-corrected chi connectivity index (χ3v) is 6.34. The predicted octanol–water partition coefficient (Wildman–Crippen LogP) is 3.22. The average molecular weight is 469 g/mol. The van der Waals surface area contributed by atoms with Crippen LogP contribution >= 0.6 is 0 Å². The minimum atomic E-state index is -4.26. The van der Waals surface area contributed by atoms with E-state index in [9.17, 15) is 28.1 Å². The molecule has 0 heterocycles. The molecule has 0 radical (unpaired) electrons. The van der Waals surface area contributed by atoms with Crippen molar-refractivity contribution in [2.24, 2.45) is 0 Å². The fraction of sp³-hybridized carbons (Fsp3) is 0.0909. The average Bonchev–Trinajstić information content (AvgIpc) is 2.83. The molecule has 0 atom stereocenters. The number of non-ortho nitro benzene ring substituents is 1. The van der Waals surface area contributed by atoms with Crippen LogP contribution in [-0.2, 0) is 19.6 Å². The molecule has 0 fully saturated rings. The van der Waals surface area contributed by atoms with Gasteiger partial charge in [-0.15, -0.1) is 0 Å². The van der Waals surface area contributed by atoms with E-state index in [0.29, 0.717) is 0 Å². The lowest BCUT2D eigenvalue weighted by Crippen LogP contribution is -2.38. The summed E-state index contributed by atoms with van der Waals surface area (Å²) in [5.41, 5.74) is -0.187. The summed E-state index contributed by atoms with van der Waals surface area (Å²) in [6, 6.07) is 18.4. The summed E-state index contributed by atoms with van der Waals surface area (Å²) in [5, 5.41) is 13.7. The third-order valence-electron chi connectivity index (χ3n) is 4.55. The SMILES string of the molecule is COC(=O)c1ccccc1NC(=O)CN(c1cccc([N+](=O)[O-])c1)S(=O)(=O)c1ccccc1. The number of ether oxygens (including phenoxy) is 1. The first-order valence-electron chi connectivity index (χ1n) is 9.53. The zero-order chi connectivity index (χ0) is 24.0. The number of carbonyl (C=O) groups is 2. The fourth-order valence-corrected chi connectivity index (χ4v) is 4.43. The molecule has 0 unspecified atom stereocenters. The summed E-state index contributed by atoms with van der Waals surface area (Å²) in [6.07, 6.45) is 0. The third kappa shape index (κ3) is 5.33. The first-order valence-corrected chi connectivity index (χ1v) is 11.0. The van der Waals surface area contributed by atoms with Gasteiger partial charge in [-0.05, 0) is 30.3 Å². The van der Waals surface area contributed by atoms with Crippen LogP contribution in [0.25, 0.3) is 0 Å². The smallest absolute Gasteiger partial charge is 0.339 e. The lowest BCUT2D eigenvalue weighted by molar-refractivity contribution is -0.384. The number of rotatable bonds is 8. The number of esters is 1. The van der Waals surface area contributed by atoms with Gasteiger partial charge in [0.05, 0.1) is 33.9 Å². The van der Waals surface area contributed by atoms with Crippen LogP contribution in [0.1, 0.15) is 10.4 Å². The molecule has 170 valence electrons. The zero-order valence-electron chi connectivity index (χ0n) is 17.4. The largest absolute Gasteiger partial charge is 0.465 e. The van der Waals surface area contributed by atoms with Crippen LogP contribution in [0.5, 0.6) is 0 Å². The van der Waals surface area contributed by atoms with Crippen molar-refractivity contribution in [3.63, 3.8) is 0 Å². The summed E-state index contributed by atoms with van der Waals surface area (Å²) in [6.45, 7) is -0.700. The van der Waals surface area contributed by atoms with E-state index in [1.807, 2.05) is 0 Å². The highest BCUT2D eigenvalue weighted by Crippen LogP contribution is 2.27. The predicted molar refractivity (Wildman–Crippen MR) is 120 cm³/mol. The molecule has 0 aliphatic carbocycles. The van der Waals surface area contributed by atoms with Crippen molar-refractivity contribution in [1.29, 1.82) is 0 Å². The Morgan fingerprint density at radius 3 is 2.33 bits per heavy atom. The maximum atomic E-state index is 13.3.